The number of aromatic nitrogens is 3. The first-order chi connectivity index (χ1) is 9.70. The van der Waals surface area contributed by atoms with E-state index in [4.69, 9.17) is 18.0 Å². The Kier molecular flexibility index (Phi) is 5.04. The van der Waals surface area contributed by atoms with E-state index in [0.29, 0.717) is 10.2 Å². The Labute approximate surface area is 125 Å². The van der Waals surface area contributed by atoms with Gasteiger partial charge in [0.25, 0.3) is 0 Å². The molecular weight excluding hydrogens is 296 g/mol. The van der Waals surface area contributed by atoms with Crippen molar-refractivity contribution in [1.82, 2.24) is 20.1 Å². The minimum absolute atomic E-state index is 0.145. The van der Waals surface area contributed by atoms with E-state index in [1.165, 1.54) is 11.8 Å². The molecule has 0 aliphatic carbocycles. The first-order valence-electron chi connectivity index (χ1n) is 5.69. The molecule has 0 saturated carbocycles. The van der Waals surface area contributed by atoms with E-state index in [-0.39, 0.29) is 18.2 Å². The van der Waals surface area contributed by atoms with Gasteiger partial charge in [-0.25, -0.2) is 0 Å². The highest BCUT2D eigenvalue weighted by Gasteiger charge is 2.09. The van der Waals surface area contributed by atoms with Gasteiger partial charge in [-0.3, -0.25) is 9.36 Å². The molecule has 0 fully saturated rings. The van der Waals surface area contributed by atoms with Crippen LogP contribution < -0.4 is 5.32 Å². The van der Waals surface area contributed by atoms with Crippen LogP contribution in [0.5, 0.6) is 0 Å². The zero-order chi connectivity index (χ0) is 14.4. The van der Waals surface area contributed by atoms with E-state index < -0.39 is 0 Å². The number of hydrogen-bond acceptors (Lipinski definition) is 4. The van der Waals surface area contributed by atoms with Crippen LogP contribution in [0.25, 0.3) is 5.69 Å². The molecule has 5 nitrogen and oxygen atoms in total. The fourth-order valence-electron chi connectivity index (χ4n) is 1.46. The maximum atomic E-state index is 11.5. The van der Waals surface area contributed by atoms with Crippen LogP contribution in [0.2, 0.25) is 5.02 Å². The number of carbonyl (C=O) groups excluding carboxylic acids is 1. The number of rotatable bonds is 5. The number of benzene rings is 1. The summed E-state index contributed by atoms with van der Waals surface area (Å²) < 4.78 is 1.77. The highest BCUT2D eigenvalue weighted by molar-refractivity contribution is 7.99. The number of nitrogens with zero attached hydrogens (tertiary/aromatic N) is 3. The summed E-state index contributed by atoms with van der Waals surface area (Å²) in [4.78, 5) is 11.5. The minimum Gasteiger partial charge on any atom is -0.344 e. The van der Waals surface area contributed by atoms with Gasteiger partial charge >= 0.3 is 0 Å². The lowest BCUT2D eigenvalue weighted by molar-refractivity contribution is -0.118. The van der Waals surface area contributed by atoms with E-state index >= 15 is 0 Å². The molecule has 7 heteroatoms. The second-order valence-electron chi connectivity index (χ2n) is 3.73. The van der Waals surface area contributed by atoms with Crippen molar-refractivity contribution < 1.29 is 4.79 Å². The average Bonchev–Trinajstić information content (AvgIpc) is 2.91. The molecule has 0 spiro atoms. The Morgan fingerprint density at radius 1 is 1.55 bits per heavy atom. The summed E-state index contributed by atoms with van der Waals surface area (Å²) in [6.45, 7) is 0.223. The van der Waals surface area contributed by atoms with Crippen molar-refractivity contribution in [2.75, 3.05) is 12.3 Å². The predicted octanol–water partition coefficient (Wildman–Crippen LogP) is 1.76. The van der Waals surface area contributed by atoms with Crippen molar-refractivity contribution >= 4 is 29.3 Å². The molecule has 1 aromatic carbocycles. The number of hydrogen-bond donors (Lipinski definition) is 1. The van der Waals surface area contributed by atoms with Crippen LogP contribution in [0.4, 0.5) is 0 Å². The average molecular weight is 307 g/mol. The van der Waals surface area contributed by atoms with Crippen LogP contribution in [0.3, 0.4) is 0 Å². The Hall–Kier alpha value is -1.97. The van der Waals surface area contributed by atoms with Gasteiger partial charge in [-0.15, -0.1) is 16.6 Å². The topological polar surface area (TPSA) is 59.8 Å². The fourth-order valence-corrected chi connectivity index (χ4v) is 2.40. The summed E-state index contributed by atoms with van der Waals surface area (Å²) in [7, 11) is 0. The standard InChI is InChI=1S/C13H11ClN4OS/c1-2-6-15-12(19)8-20-13-17-16-9-18(13)11-5-3-4-10(14)7-11/h1,3-5,7,9H,6,8H2,(H,15,19). The first kappa shape index (κ1) is 14.4. The zero-order valence-electron chi connectivity index (χ0n) is 10.4. The second kappa shape index (κ2) is 6.98. The maximum absolute atomic E-state index is 11.5. The van der Waals surface area contributed by atoms with Gasteiger partial charge < -0.3 is 5.32 Å². The van der Waals surface area contributed by atoms with Crippen molar-refractivity contribution in [2.45, 2.75) is 5.16 Å². The largest absolute Gasteiger partial charge is 0.344 e. The molecule has 2 rings (SSSR count). The molecule has 102 valence electrons. The summed E-state index contributed by atoms with van der Waals surface area (Å²) >= 11 is 7.23. The molecular formula is C13H11ClN4OS. The van der Waals surface area contributed by atoms with E-state index in [0.717, 1.165) is 5.69 Å². The van der Waals surface area contributed by atoms with Gasteiger partial charge in [-0.2, -0.15) is 0 Å². The van der Waals surface area contributed by atoms with Crippen molar-refractivity contribution in [3.05, 3.63) is 35.6 Å². The molecule has 1 heterocycles. The fraction of sp³-hybridized carbons (Fsp3) is 0.154. The molecule has 1 amide bonds. The van der Waals surface area contributed by atoms with Gasteiger partial charge in [-0.05, 0) is 18.2 Å². The van der Waals surface area contributed by atoms with Crippen LogP contribution in [0.15, 0.2) is 35.7 Å². The molecule has 1 N–H and O–H groups in total. The first-order valence-corrected chi connectivity index (χ1v) is 7.06. The SMILES string of the molecule is C#CCNC(=O)CSc1nncn1-c1cccc(Cl)c1. The third kappa shape index (κ3) is 3.76. The van der Waals surface area contributed by atoms with Gasteiger partial charge in [0.2, 0.25) is 5.91 Å². The molecule has 0 radical (unpaired) electrons. The number of carbonyl (C=O) groups is 1. The highest BCUT2D eigenvalue weighted by atomic mass is 35.5. The Bertz CT molecular complexity index is 650. The van der Waals surface area contributed by atoms with Crippen LogP contribution >= 0.6 is 23.4 Å². The third-order valence-corrected chi connectivity index (χ3v) is 3.50. The predicted molar refractivity (Wildman–Crippen MR) is 78.9 cm³/mol. The lowest BCUT2D eigenvalue weighted by Gasteiger charge is -2.06. The van der Waals surface area contributed by atoms with Gasteiger partial charge in [0.05, 0.1) is 18.0 Å². The van der Waals surface area contributed by atoms with E-state index in [1.54, 1.807) is 23.0 Å². The van der Waals surface area contributed by atoms with E-state index in [2.05, 4.69) is 21.4 Å². The summed E-state index contributed by atoms with van der Waals surface area (Å²) in [5.74, 6) is 2.42. The highest BCUT2D eigenvalue weighted by Crippen LogP contribution is 2.21. The summed E-state index contributed by atoms with van der Waals surface area (Å²) in [6, 6.07) is 7.31. The second-order valence-corrected chi connectivity index (χ2v) is 5.11. The van der Waals surface area contributed by atoms with Crippen molar-refractivity contribution in [3.63, 3.8) is 0 Å². The van der Waals surface area contributed by atoms with Crippen molar-refractivity contribution in [2.24, 2.45) is 0 Å². The monoisotopic (exact) mass is 306 g/mol. The molecule has 0 unspecified atom stereocenters. The molecule has 0 bridgehead atoms. The van der Waals surface area contributed by atoms with Crippen LogP contribution in [0.1, 0.15) is 0 Å². The molecule has 0 saturated heterocycles. The third-order valence-electron chi connectivity index (χ3n) is 2.32. The molecule has 0 atom stereocenters. The lowest BCUT2D eigenvalue weighted by Crippen LogP contribution is -2.25. The molecule has 2 aromatic rings. The summed E-state index contributed by atoms with van der Waals surface area (Å²) in [5.41, 5.74) is 0.842. The van der Waals surface area contributed by atoms with Crippen molar-refractivity contribution in [1.29, 1.82) is 0 Å². The van der Waals surface area contributed by atoms with Gasteiger partial charge in [0.15, 0.2) is 5.16 Å². The van der Waals surface area contributed by atoms with Crippen LogP contribution in [0, 0.1) is 12.3 Å². The van der Waals surface area contributed by atoms with Gasteiger partial charge in [0.1, 0.15) is 6.33 Å². The van der Waals surface area contributed by atoms with Crippen LogP contribution in [-0.4, -0.2) is 33.0 Å². The zero-order valence-corrected chi connectivity index (χ0v) is 12.0. The maximum Gasteiger partial charge on any atom is 0.231 e. The number of nitrogens with one attached hydrogen (secondary N) is 1. The number of halogens is 1. The van der Waals surface area contributed by atoms with Crippen LogP contribution in [-0.2, 0) is 4.79 Å². The Morgan fingerprint density at radius 3 is 3.15 bits per heavy atom. The number of terminal acetylenes is 1. The van der Waals surface area contributed by atoms with Gasteiger partial charge in [-0.1, -0.05) is 35.3 Å². The molecule has 1 aromatic heterocycles. The number of amides is 1. The van der Waals surface area contributed by atoms with Gasteiger partial charge in [0, 0.05) is 5.02 Å². The molecule has 20 heavy (non-hydrogen) atoms. The summed E-state index contributed by atoms with van der Waals surface area (Å²) in [5, 5.41) is 11.7. The molecule has 0 aliphatic rings. The quantitative estimate of drug-likeness (QED) is 0.675. The smallest absolute Gasteiger partial charge is 0.231 e. The number of thioether (sulfide) groups is 1. The van der Waals surface area contributed by atoms with E-state index in [9.17, 15) is 4.79 Å². The molecule has 0 aliphatic heterocycles. The van der Waals surface area contributed by atoms with Crippen molar-refractivity contribution in [3.8, 4) is 18.0 Å². The Morgan fingerprint density at radius 2 is 2.40 bits per heavy atom. The minimum atomic E-state index is -0.145. The summed E-state index contributed by atoms with van der Waals surface area (Å²) in [6.07, 6.45) is 6.65. The normalized spacial score (nSPS) is 10.0. The van der Waals surface area contributed by atoms with E-state index in [1.807, 2.05) is 12.1 Å². The Balaban J connectivity index is 2.06. The lowest BCUT2D eigenvalue weighted by atomic mass is 10.3.